The quantitative estimate of drug-likeness (QED) is 0.504. The molecule has 0 aliphatic carbocycles. The molecular formula is C11H8N2. The van der Waals surface area contributed by atoms with Gasteiger partial charge >= 0.3 is 0 Å². The first-order chi connectivity index (χ1) is 6.45. The highest BCUT2D eigenvalue weighted by Crippen LogP contribution is 2.19. The van der Waals surface area contributed by atoms with Crippen molar-refractivity contribution in [3.05, 3.63) is 48.8 Å². The molecule has 2 aromatic heterocycles. The van der Waals surface area contributed by atoms with Crippen LogP contribution < -0.4 is 0 Å². The Labute approximate surface area is 75.4 Å². The maximum absolute atomic E-state index is 4.24. The predicted molar refractivity (Wildman–Crippen MR) is 52.7 cm³/mol. The third-order valence-electron chi connectivity index (χ3n) is 2.28. The number of hydrogen-bond donors (Lipinski definition) is 0. The Bertz CT molecular complexity index is 516. The van der Waals surface area contributed by atoms with E-state index in [1.54, 1.807) is 6.20 Å². The molecule has 0 fully saturated rings. The molecule has 0 spiro atoms. The second kappa shape index (κ2) is 2.33. The highest BCUT2D eigenvalue weighted by molar-refractivity contribution is 5.96. The lowest BCUT2D eigenvalue weighted by Gasteiger charge is -1.90. The fourth-order valence-corrected chi connectivity index (χ4v) is 1.67. The Morgan fingerprint density at radius 1 is 1.00 bits per heavy atom. The normalized spacial score (nSPS) is 11.1. The fourth-order valence-electron chi connectivity index (χ4n) is 1.67. The molecule has 0 atom stereocenters. The van der Waals surface area contributed by atoms with Crippen LogP contribution in [0.5, 0.6) is 0 Å². The molecule has 0 radical (unpaired) electrons. The van der Waals surface area contributed by atoms with Gasteiger partial charge in [-0.15, -0.1) is 0 Å². The van der Waals surface area contributed by atoms with E-state index in [9.17, 15) is 0 Å². The second-order valence-electron chi connectivity index (χ2n) is 3.07. The van der Waals surface area contributed by atoms with Crippen LogP contribution in [0.25, 0.3) is 16.3 Å². The molecule has 0 aliphatic rings. The van der Waals surface area contributed by atoms with E-state index in [1.807, 2.05) is 22.8 Å². The largest absolute Gasteiger partial charge is 0.240 e. The zero-order valence-corrected chi connectivity index (χ0v) is 7.01. The highest BCUT2D eigenvalue weighted by Gasteiger charge is 2.00. The minimum Gasteiger partial charge on any atom is -0.240 e. The van der Waals surface area contributed by atoms with Gasteiger partial charge in [-0.05, 0) is 12.1 Å². The van der Waals surface area contributed by atoms with Gasteiger partial charge in [-0.1, -0.05) is 24.3 Å². The van der Waals surface area contributed by atoms with Crippen molar-refractivity contribution in [3.8, 4) is 0 Å². The Balaban J connectivity index is 2.64. The zero-order chi connectivity index (χ0) is 8.67. The van der Waals surface area contributed by atoms with Crippen molar-refractivity contribution < 1.29 is 0 Å². The molecular weight excluding hydrogens is 160 g/mol. The van der Waals surface area contributed by atoms with Gasteiger partial charge in [-0.25, -0.2) is 4.52 Å². The number of nitrogens with zero attached hydrogens (tertiary/aromatic N) is 2. The minimum absolute atomic E-state index is 1.16. The summed E-state index contributed by atoms with van der Waals surface area (Å²) in [7, 11) is 0. The van der Waals surface area contributed by atoms with Crippen molar-refractivity contribution in [2.75, 3.05) is 0 Å². The summed E-state index contributed by atoms with van der Waals surface area (Å²) in [5.74, 6) is 0. The van der Waals surface area contributed by atoms with Crippen molar-refractivity contribution in [3.63, 3.8) is 0 Å². The topological polar surface area (TPSA) is 17.3 Å². The summed E-state index contributed by atoms with van der Waals surface area (Å²) in [5, 5.41) is 6.73. The molecule has 1 aromatic carbocycles. The number of rotatable bonds is 0. The first kappa shape index (κ1) is 6.66. The molecule has 0 saturated carbocycles. The van der Waals surface area contributed by atoms with E-state index in [1.165, 1.54) is 10.8 Å². The molecule has 2 heterocycles. The lowest BCUT2D eigenvalue weighted by atomic mass is 10.2. The number of fused-ring (bicyclic) bond motifs is 3. The Kier molecular flexibility index (Phi) is 1.19. The molecule has 0 amide bonds. The van der Waals surface area contributed by atoms with Crippen molar-refractivity contribution in [1.29, 1.82) is 0 Å². The predicted octanol–water partition coefficient (Wildman–Crippen LogP) is 2.49. The summed E-state index contributed by atoms with van der Waals surface area (Å²) >= 11 is 0. The van der Waals surface area contributed by atoms with E-state index >= 15 is 0 Å². The minimum atomic E-state index is 1.16. The molecule has 62 valence electrons. The van der Waals surface area contributed by atoms with Gasteiger partial charge in [0.2, 0.25) is 0 Å². The molecule has 0 N–H and O–H groups in total. The maximum Gasteiger partial charge on any atom is 0.0725 e. The molecule has 0 bridgehead atoms. The zero-order valence-electron chi connectivity index (χ0n) is 7.01. The Morgan fingerprint density at radius 2 is 1.92 bits per heavy atom. The molecule has 0 aliphatic heterocycles. The van der Waals surface area contributed by atoms with E-state index < -0.39 is 0 Å². The SMILES string of the molecule is c1ccc2c(c1)cn1ncccc21. The van der Waals surface area contributed by atoms with Crippen LogP contribution in [0.3, 0.4) is 0 Å². The van der Waals surface area contributed by atoms with Gasteiger partial charge in [0.05, 0.1) is 5.52 Å². The third kappa shape index (κ3) is 0.855. The summed E-state index contributed by atoms with van der Waals surface area (Å²) < 4.78 is 1.91. The van der Waals surface area contributed by atoms with E-state index in [-0.39, 0.29) is 0 Å². The molecule has 13 heavy (non-hydrogen) atoms. The summed E-state index contributed by atoms with van der Waals surface area (Å²) in [6.45, 7) is 0. The maximum atomic E-state index is 4.24. The summed E-state index contributed by atoms with van der Waals surface area (Å²) in [4.78, 5) is 0. The molecule has 3 aromatic rings. The Hall–Kier alpha value is -1.83. The monoisotopic (exact) mass is 168 g/mol. The van der Waals surface area contributed by atoms with Gasteiger partial charge in [0.1, 0.15) is 0 Å². The van der Waals surface area contributed by atoms with Crippen LogP contribution in [0, 0.1) is 0 Å². The lowest BCUT2D eigenvalue weighted by Crippen LogP contribution is -1.84. The first-order valence-corrected chi connectivity index (χ1v) is 4.26. The molecule has 0 saturated heterocycles. The van der Waals surface area contributed by atoms with Gasteiger partial charge in [-0.2, -0.15) is 5.10 Å². The van der Waals surface area contributed by atoms with Crippen molar-refractivity contribution in [2.45, 2.75) is 0 Å². The lowest BCUT2D eigenvalue weighted by molar-refractivity contribution is 0.945. The van der Waals surface area contributed by atoms with Crippen molar-refractivity contribution in [1.82, 2.24) is 9.61 Å². The average Bonchev–Trinajstić information content (AvgIpc) is 2.56. The first-order valence-electron chi connectivity index (χ1n) is 4.26. The fraction of sp³-hybridized carbons (Fsp3) is 0. The van der Waals surface area contributed by atoms with Gasteiger partial charge in [0.25, 0.3) is 0 Å². The molecule has 3 rings (SSSR count). The van der Waals surface area contributed by atoms with Gasteiger partial charge in [0.15, 0.2) is 0 Å². The van der Waals surface area contributed by atoms with Crippen LogP contribution in [0.15, 0.2) is 48.8 Å². The summed E-state index contributed by atoms with van der Waals surface area (Å²) in [6.07, 6.45) is 3.84. The summed E-state index contributed by atoms with van der Waals surface area (Å²) in [5.41, 5.74) is 1.16. The number of hydrogen-bond acceptors (Lipinski definition) is 1. The second-order valence-corrected chi connectivity index (χ2v) is 3.07. The smallest absolute Gasteiger partial charge is 0.0725 e. The van der Waals surface area contributed by atoms with Crippen LogP contribution in [0.4, 0.5) is 0 Å². The molecule has 0 unspecified atom stereocenters. The Morgan fingerprint density at radius 3 is 2.92 bits per heavy atom. The van der Waals surface area contributed by atoms with Crippen LogP contribution in [-0.4, -0.2) is 9.61 Å². The van der Waals surface area contributed by atoms with Crippen molar-refractivity contribution in [2.24, 2.45) is 0 Å². The number of benzene rings is 1. The standard InChI is InChI=1S/C11H8N2/c1-2-5-10-9(4-1)8-13-11(10)6-3-7-12-13/h1-8H. The summed E-state index contributed by atoms with van der Waals surface area (Å²) in [6, 6.07) is 12.4. The van der Waals surface area contributed by atoms with Crippen LogP contribution in [0.2, 0.25) is 0 Å². The highest BCUT2D eigenvalue weighted by atomic mass is 15.2. The van der Waals surface area contributed by atoms with Gasteiger partial charge in [-0.3, -0.25) is 0 Å². The van der Waals surface area contributed by atoms with E-state index in [2.05, 4.69) is 29.4 Å². The van der Waals surface area contributed by atoms with Crippen LogP contribution in [-0.2, 0) is 0 Å². The van der Waals surface area contributed by atoms with E-state index in [4.69, 9.17) is 0 Å². The molecule has 2 nitrogen and oxygen atoms in total. The average molecular weight is 168 g/mol. The van der Waals surface area contributed by atoms with E-state index in [0.717, 1.165) is 5.52 Å². The van der Waals surface area contributed by atoms with E-state index in [0.29, 0.717) is 0 Å². The number of aromatic nitrogens is 2. The van der Waals surface area contributed by atoms with Crippen molar-refractivity contribution >= 4 is 16.3 Å². The van der Waals surface area contributed by atoms with Gasteiger partial charge < -0.3 is 0 Å². The molecule has 2 heteroatoms. The van der Waals surface area contributed by atoms with Gasteiger partial charge in [0, 0.05) is 23.2 Å². The van der Waals surface area contributed by atoms with Crippen LogP contribution >= 0.6 is 0 Å². The van der Waals surface area contributed by atoms with Crippen LogP contribution in [0.1, 0.15) is 0 Å². The third-order valence-corrected chi connectivity index (χ3v) is 2.28.